The van der Waals surface area contributed by atoms with Crippen molar-refractivity contribution in [3.05, 3.63) is 11.8 Å². The Morgan fingerprint density at radius 1 is 0.612 bits per heavy atom. The zero-order valence-electron chi connectivity index (χ0n) is 48.6. The number of cyclic esters (lactones) is 1. The minimum atomic E-state index is -2.83. The van der Waals surface area contributed by atoms with Crippen LogP contribution in [-0.4, -0.2) is 207 Å². The zero-order valence-corrected chi connectivity index (χ0v) is 49.3. The van der Waals surface area contributed by atoms with Gasteiger partial charge in [-0.2, -0.15) is 0 Å². The van der Waals surface area contributed by atoms with E-state index in [1.807, 2.05) is 10.6 Å². The van der Waals surface area contributed by atoms with Gasteiger partial charge in [0.1, 0.15) is 54.6 Å². The van der Waals surface area contributed by atoms with Crippen molar-refractivity contribution in [3.8, 4) is 0 Å². The van der Waals surface area contributed by atoms with Crippen molar-refractivity contribution in [3.63, 3.8) is 0 Å². The number of rotatable bonds is 30. The highest BCUT2D eigenvalue weighted by Gasteiger charge is 2.41. The molecule has 0 aromatic heterocycles. The van der Waals surface area contributed by atoms with Crippen LogP contribution >= 0.6 is 11.6 Å². The Labute approximate surface area is 498 Å². The number of aliphatic hydroxyl groups is 4. The molecule has 1 aliphatic rings. The summed E-state index contributed by atoms with van der Waals surface area (Å²) in [5.41, 5.74) is 16.4. The maximum atomic E-state index is 14.2. The number of nitrogens with one attached hydrogen (secondary N) is 9. The molecule has 1 saturated heterocycles. The molecule has 1 aliphatic heterocycles. The van der Waals surface area contributed by atoms with Crippen LogP contribution in [0.2, 0.25) is 0 Å². The number of carbonyl (C=O) groups excluding carboxylic acids is 10. The number of aliphatic carboxylic acids is 2. The topological polar surface area (TPSA) is 522 Å². The summed E-state index contributed by atoms with van der Waals surface area (Å²) in [5, 5.41) is 82.3. The van der Waals surface area contributed by atoms with Crippen molar-refractivity contribution in [2.45, 2.75) is 216 Å². The van der Waals surface area contributed by atoms with Crippen LogP contribution in [0.25, 0.3) is 0 Å². The monoisotopic (exact) mass is 1230 g/mol. The van der Waals surface area contributed by atoms with Gasteiger partial charge in [0.25, 0.3) is 5.91 Å². The molecule has 0 spiro atoms. The van der Waals surface area contributed by atoms with Gasteiger partial charge in [0.2, 0.25) is 47.3 Å². The third-order valence-corrected chi connectivity index (χ3v) is 13.8. The third kappa shape index (κ3) is 29.4. The zero-order chi connectivity index (χ0) is 64.2. The van der Waals surface area contributed by atoms with Gasteiger partial charge in [0.05, 0.1) is 37.0 Å². The van der Waals surface area contributed by atoms with E-state index < -0.39 is 181 Å². The molecule has 1 heterocycles. The van der Waals surface area contributed by atoms with Crippen molar-refractivity contribution < 1.29 is 92.9 Å². The lowest BCUT2D eigenvalue weighted by Crippen LogP contribution is -2.62. The summed E-state index contributed by atoms with van der Waals surface area (Å²) in [6.07, 6.45) is 2.18. The predicted octanol–water partition coefficient (Wildman–Crippen LogP) is -4.38. The van der Waals surface area contributed by atoms with Crippen molar-refractivity contribution in [1.82, 2.24) is 47.9 Å². The summed E-state index contributed by atoms with van der Waals surface area (Å²) in [6, 6.07) is -15.8. The number of carbonyl (C=O) groups is 12. The maximum Gasteiger partial charge on any atom is 0.335 e. The molecule has 0 bridgehead atoms. The number of alkyl halides is 1. The first-order chi connectivity index (χ1) is 40.3. The standard InChI is InChI=1S/C53H91ClN12O19/c1-4-6-7-8-9-10-11-12-13-14-15-18-30(68)25-38(70)58-36-28-85-53(84)41(37(69)27-54)65-51(81)42(43(73)52(82)83)66-44(74)31(5-2)59-50(80)40(29(3)67)64-47(77)34(21-24-57)61-45(75)32(19-16-17-22-55)60-48(78)35(26-39(71)72)63-46(76)33(20-23-56)62-49(36)79/h5,29-30,32-37,40-43,67-69,73H,4,6-28,55-57H2,1-3H3,(H,58,70)(H,59,80)(H,60,78)(H,61,75)(H,62,79)(H,63,76)(H,64,77)(H,65,81)(H,66,74)(H,71,72)(H,82,83)/b31-5+/t29-,30+,32-,33+,34+,35-,36-,37+,40-,41-,42-,43-/m0/s1. The fourth-order valence-corrected chi connectivity index (χ4v) is 8.76. The second-order valence-corrected chi connectivity index (χ2v) is 20.9. The smallest absolute Gasteiger partial charge is 0.335 e. The van der Waals surface area contributed by atoms with Crippen molar-refractivity contribution in [1.29, 1.82) is 0 Å². The quantitative estimate of drug-likeness (QED) is 0.0140. The summed E-state index contributed by atoms with van der Waals surface area (Å²) >= 11 is 5.86. The molecule has 0 aliphatic carbocycles. The largest absolute Gasteiger partial charge is 0.481 e. The van der Waals surface area contributed by atoms with E-state index in [4.69, 9.17) is 33.5 Å². The maximum absolute atomic E-state index is 14.2. The van der Waals surface area contributed by atoms with Gasteiger partial charge >= 0.3 is 17.9 Å². The van der Waals surface area contributed by atoms with Crippen LogP contribution in [0.4, 0.5) is 0 Å². The number of carboxylic acids is 2. The molecule has 32 heteroatoms. The van der Waals surface area contributed by atoms with E-state index >= 15 is 0 Å². The summed E-state index contributed by atoms with van der Waals surface area (Å²) in [6.45, 7) is 2.65. The molecule has 1 rings (SSSR count). The fraction of sp³-hybridized carbons (Fsp3) is 0.736. The normalized spacial score (nSPS) is 24.2. The number of unbranched alkanes of at least 4 members (excludes halogenated alkanes) is 11. The molecule has 0 aromatic rings. The molecule has 0 unspecified atom stereocenters. The fourth-order valence-electron chi connectivity index (χ4n) is 8.58. The van der Waals surface area contributed by atoms with E-state index in [9.17, 15) is 88.2 Å². The molecule has 12 atom stereocenters. The Morgan fingerprint density at radius 3 is 1.60 bits per heavy atom. The lowest BCUT2D eigenvalue weighted by atomic mass is 10.0. The van der Waals surface area contributed by atoms with Crippen molar-refractivity contribution in [2.24, 2.45) is 17.2 Å². The summed E-state index contributed by atoms with van der Waals surface area (Å²) in [4.78, 5) is 163. The van der Waals surface area contributed by atoms with Gasteiger partial charge in [0, 0.05) is 0 Å². The van der Waals surface area contributed by atoms with Crippen LogP contribution in [0.3, 0.4) is 0 Å². The highest BCUT2D eigenvalue weighted by atomic mass is 35.5. The lowest BCUT2D eigenvalue weighted by Gasteiger charge is -2.28. The first-order valence-electron chi connectivity index (χ1n) is 28.7. The predicted molar refractivity (Wildman–Crippen MR) is 305 cm³/mol. The number of aliphatic hydroxyl groups excluding tert-OH is 4. The van der Waals surface area contributed by atoms with Gasteiger partial charge in [-0.15, -0.1) is 11.6 Å². The number of nitrogens with two attached hydrogens (primary N) is 3. The molecule has 31 nitrogen and oxygen atoms in total. The van der Waals surface area contributed by atoms with E-state index in [0.717, 1.165) is 57.9 Å². The SMILES string of the molecule is C/C=C1/NC(=O)[C@H]([C@H](C)O)NC(=O)[C@@H](CCN)NC(=O)[C@H](CCCCN)NC(=O)[C@H](CC(=O)O)NC(=O)[C@@H](CCN)NC(=O)[C@@H](NC(=O)C[C@H](O)CCCCCCCCCCCCC)COC(=O)[C@H]([C@H](O)CCl)NC(=O)[C@H]([C@H](O)C(=O)O)NC1=O. The summed E-state index contributed by atoms with van der Waals surface area (Å²) in [7, 11) is 0. The van der Waals surface area contributed by atoms with E-state index in [-0.39, 0.29) is 45.3 Å². The van der Waals surface area contributed by atoms with Gasteiger partial charge in [-0.3, -0.25) is 47.9 Å². The molecular formula is C53H91ClN12O19. The number of amides is 9. The lowest BCUT2D eigenvalue weighted by molar-refractivity contribution is -0.155. The Balaban J connectivity index is 3.95. The molecule has 21 N–H and O–H groups in total. The van der Waals surface area contributed by atoms with Crippen molar-refractivity contribution in [2.75, 3.05) is 32.1 Å². The number of carboxylic acid groups (broad SMARTS) is 2. The highest BCUT2D eigenvalue weighted by Crippen LogP contribution is 2.15. The molecule has 9 amide bonds. The first kappa shape index (κ1) is 76.4. The second kappa shape index (κ2) is 42.2. The van der Waals surface area contributed by atoms with Gasteiger partial charge in [-0.25, -0.2) is 9.59 Å². The van der Waals surface area contributed by atoms with E-state index in [2.05, 4.69) is 44.1 Å². The third-order valence-electron chi connectivity index (χ3n) is 13.5. The average molecular weight is 1240 g/mol. The first-order valence-corrected chi connectivity index (χ1v) is 29.2. The van der Waals surface area contributed by atoms with E-state index in [1.54, 1.807) is 0 Å². The Morgan fingerprint density at radius 2 is 1.11 bits per heavy atom. The molecular weight excluding hydrogens is 1140 g/mol. The van der Waals surface area contributed by atoms with Gasteiger partial charge in [-0.1, -0.05) is 83.6 Å². The van der Waals surface area contributed by atoms with E-state index in [0.29, 0.717) is 12.8 Å². The van der Waals surface area contributed by atoms with Crippen LogP contribution in [-0.2, 0) is 62.3 Å². The van der Waals surface area contributed by atoms with Gasteiger partial charge in [0.15, 0.2) is 12.1 Å². The van der Waals surface area contributed by atoms with Crippen LogP contribution < -0.4 is 65.1 Å². The number of ether oxygens (including phenoxy) is 1. The number of hydrogen-bond acceptors (Lipinski definition) is 20. The highest BCUT2D eigenvalue weighted by molar-refractivity contribution is 6.18. The molecule has 0 saturated carbocycles. The average Bonchev–Trinajstić information content (AvgIpc) is 3.65. The molecule has 0 radical (unpaired) electrons. The van der Waals surface area contributed by atoms with Gasteiger partial charge < -0.3 is 100 Å². The Bertz CT molecular complexity index is 2230. The molecule has 1 fully saturated rings. The number of halogens is 1. The molecule has 484 valence electrons. The summed E-state index contributed by atoms with van der Waals surface area (Å²) < 4.78 is 5.28. The Kier molecular flexibility index (Phi) is 38.0. The Hall–Kier alpha value is -6.61. The number of allylic oxidation sites excluding steroid dienone is 1. The molecule has 85 heavy (non-hydrogen) atoms. The number of hydrogen-bond donors (Lipinski definition) is 18. The second-order valence-electron chi connectivity index (χ2n) is 20.6. The molecule has 0 aromatic carbocycles. The van der Waals surface area contributed by atoms with Crippen molar-refractivity contribution >= 4 is 82.7 Å². The minimum absolute atomic E-state index is 0.123. The van der Waals surface area contributed by atoms with Crippen LogP contribution in [0.15, 0.2) is 11.8 Å². The minimum Gasteiger partial charge on any atom is -0.481 e. The van der Waals surface area contributed by atoms with Crippen LogP contribution in [0.5, 0.6) is 0 Å². The van der Waals surface area contributed by atoms with Crippen LogP contribution in [0, 0.1) is 0 Å². The summed E-state index contributed by atoms with van der Waals surface area (Å²) in [5.74, 6) is -17.8. The van der Waals surface area contributed by atoms with Crippen LogP contribution in [0.1, 0.15) is 143 Å². The van der Waals surface area contributed by atoms with Gasteiger partial charge in [-0.05, 0) is 72.0 Å². The van der Waals surface area contributed by atoms with E-state index in [1.165, 1.54) is 26.2 Å². The number of esters is 1.